The lowest BCUT2D eigenvalue weighted by Crippen LogP contribution is -2.25. The maximum Gasteiger partial charge on any atom is 0.119 e. The molecule has 0 N–H and O–H groups in total. The van der Waals surface area contributed by atoms with Gasteiger partial charge in [-0.2, -0.15) is 0 Å². The Morgan fingerprint density at radius 2 is 2.04 bits per heavy atom. The highest BCUT2D eigenvalue weighted by atomic mass is 35.5. The van der Waals surface area contributed by atoms with Gasteiger partial charge in [0.2, 0.25) is 0 Å². The summed E-state index contributed by atoms with van der Waals surface area (Å²) in [6, 6.07) is 14.0. The number of fused-ring (bicyclic) bond motifs is 3. The zero-order chi connectivity index (χ0) is 16.5. The lowest BCUT2D eigenvalue weighted by Gasteiger charge is -2.30. The van der Waals surface area contributed by atoms with Crippen LogP contribution < -0.4 is 4.74 Å². The third-order valence-corrected chi connectivity index (χ3v) is 4.76. The van der Waals surface area contributed by atoms with Crippen molar-refractivity contribution in [1.29, 1.82) is 0 Å². The minimum absolute atomic E-state index is 0.825. The van der Waals surface area contributed by atoms with Crippen LogP contribution in [0.3, 0.4) is 0 Å². The Morgan fingerprint density at radius 1 is 1.17 bits per heavy atom. The predicted octanol–water partition coefficient (Wildman–Crippen LogP) is 4.52. The molecule has 4 heteroatoms. The molecule has 0 radical (unpaired) electrons. The van der Waals surface area contributed by atoms with Gasteiger partial charge in [-0.1, -0.05) is 35.9 Å². The Hall–Kier alpha value is -2.52. The second kappa shape index (κ2) is 6.17. The molecule has 0 amide bonds. The van der Waals surface area contributed by atoms with Crippen LogP contribution in [0.5, 0.6) is 5.75 Å². The predicted molar refractivity (Wildman–Crippen MR) is 98.5 cm³/mol. The van der Waals surface area contributed by atoms with Crippen molar-refractivity contribution in [1.82, 2.24) is 4.90 Å². The van der Waals surface area contributed by atoms with Crippen LogP contribution in [-0.2, 0) is 6.42 Å². The van der Waals surface area contributed by atoms with Crippen molar-refractivity contribution in [3.63, 3.8) is 0 Å². The van der Waals surface area contributed by atoms with Gasteiger partial charge >= 0.3 is 0 Å². The van der Waals surface area contributed by atoms with Gasteiger partial charge in [0.15, 0.2) is 0 Å². The number of allylic oxidation sites excluding steroid dienone is 1. The first-order chi connectivity index (χ1) is 11.8. The Kier molecular flexibility index (Phi) is 3.87. The van der Waals surface area contributed by atoms with E-state index >= 15 is 0 Å². The highest BCUT2D eigenvalue weighted by Crippen LogP contribution is 2.34. The lowest BCUT2D eigenvalue weighted by molar-refractivity contribution is 0.414. The summed E-state index contributed by atoms with van der Waals surface area (Å²) < 4.78 is 5.33. The molecule has 0 spiro atoms. The maximum atomic E-state index is 6.40. The highest BCUT2D eigenvalue weighted by molar-refractivity contribution is 6.31. The van der Waals surface area contributed by atoms with Crippen LogP contribution in [0.2, 0.25) is 5.02 Å². The quantitative estimate of drug-likeness (QED) is 0.805. The molecule has 3 nitrogen and oxygen atoms in total. The Balaban J connectivity index is 1.83. The van der Waals surface area contributed by atoms with Crippen LogP contribution in [0.25, 0.3) is 5.70 Å². The number of rotatable bonds is 2. The first kappa shape index (κ1) is 15.0. The molecule has 2 heterocycles. The average molecular weight is 337 g/mol. The van der Waals surface area contributed by atoms with Gasteiger partial charge in [-0.15, -0.1) is 0 Å². The summed E-state index contributed by atoms with van der Waals surface area (Å²) in [5, 5.41) is 0.834. The third kappa shape index (κ3) is 2.61. The summed E-state index contributed by atoms with van der Waals surface area (Å²) in [6.45, 7) is 0.903. The Bertz CT molecular complexity index is 883. The van der Waals surface area contributed by atoms with E-state index in [2.05, 4.69) is 22.0 Å². The average Bonchev–Trinajstić information content (AvgIpc) is 2.85. The molecule has 0 saturated heterocycles. The van der Waals surface area contributed by atoms with E-state index in [1.54, 1.807) is 7.11 Å². The van der Waals surface area contributed by atoms with Crippen molar-refractivity contribution in [2.24, 2.45) is 4.99 Å². The number of ether oxygens (including phenoxy) is 1. The molecule has 24 heavy (non-hydrogen) atoms. The fourth-order valence-corrected chi connectivity index (χ4v) is 3.45. The van der Waals surface area contributed by atoms with Crippen molar-refractivity contribution in [3.8, 4) is 5.75 Å². The molecule has 0 aromatic heterocycles. The van der Waals surface area contributed by atoms with Gasteiger partial charge in [-0.3, -0.25) is 4.99 Å². The van der Waals surface area contributed by atoms with Crippen molar-refractivity contribution < 1.29 is 4.74 Å². The summed E-state index contributed by atoms with van der Waals surface area (Å²) in [4.78, 5) is 6.85. The maximum absolute atomic E-state index is 6.40. The second-order valence-corrected chi connectivity index (χ2v) is 6.19. The monoisotopic (exact) mass is 336 g/mol. The number of hydrogen-bond acceptors (Lipinski definition) is 3. The number of nitrogens with zero attached hydrogens (tertiary/aromatic N) is 2. The van der Waals surface area contributed by atoms with Gasteiger partial charge < -0.3 is 9.64 Å². The fraction of sp³-hybridized carbons (Fsp3) is 0.150. The van der Waals surface area contributed by atoms with Gasteiger partial charge in [-0.25, -0.2) is 0 Å². The molecule has 2 aliphatic heterocycles. The van der Waals surface area contributed by atoms with Crippen molar-refractivity contribution >= 4 is 23.0 Å². The van der Waals surface area contributed by atoms with E-state index in [1.807, 2.05) is 48.8 Å². The second-order valence-electron chi connectivity index (χ2n) is 5.78. The summed E-state index contributed by atoms with van der Waals surface area (Å²) in [6.07, 6.45) is 6.95. The molecular weight excluding hydrogens is 320 g/mol. The standard InChI is InChI=1S/C20H17ClN2O/c1-24-15-5-2-4-14(12-15)19-13-20-17-6-3-7-18(21)16(17)8-10-23(20)11-9-22-19/h2-7,9,11-13H,8,10H2,1H3. The van der Waals surface area contributed by atoms with Gasteiger partial charge in [0.25, 0.3) is 0 Å². The van der Waals surface area contributed by atoms with Crippen molar-refractivity contribution in [2.45, 2.75) is 6.42 Å². The number of aliphatic imine (C=N–C) groups is 1. The van der Waals surface area contributed by atoms with Crippen LogP contribution in [0.4, 0.5) is 0 Å². The first-order valence-electron chi connectivity index (χ1n) is 7.91. The van der Waals surface area contributed by atoms with E-state index < -0.39 is 0 Å². The third-order valence-electron chi connectivity index (χ3n) is 4.41. The molecule has 2 aromatic carbocycles. The molecule has 120 valence electrons. The van der Waals surface area contributed by atoms with E-state index in [-0.39, 0.29) is 0 Å². The number of halogens is 1. The molecule has 2 aliphatic rings. The Morgan fingerprint density at radius 3 is 2.92 bits per heavy atom. The zero-order valence-corrected chi connectivity index (χ0v) is 14.1. The highest BCUT2D eigenvalue weighted by Gasteiger charge is 2.23. The molecular formula is C20H17ClN2O. The number of methoxy groups -OCH3 is 1. The minimum Gasteiger partial charge on any atom is -0.497 e. The summed E-state index contributed by atoms with van der Waals surface area (Å²) in [7, 11) is 1.67. The Labute approximate surface area is 146 Å². The largest absolute Gasteiger partial charge is 0.497 e. The van der Waals surface area contributed by atoms with E-state index in [4.69, 9.17) is 16.3 Å². The summed E-state index contributed by atoms with van der Waals surface area (Å²) in [5.74, 6) is 0.825. The minimum atomic E-state index is 0.825. The van der Waals surface area contributed by atoms with E-state index in [0.29, 0.717) is 0 Å². The van der Waals surface area contributed by atoms with E-state index in [1.165, 1.54) is 11.1 Å². The molecule has 0 unspecified atom stereocenters. The molecule has 0 atom stereocenters. The van der Waals surface area contributed by atoms with Gasteiger partial charge in [0.05, 0.1) is 18.5 Å². The molecule has 2 aromatic rings. The number of hydrogen-bond donors (Lipinski definition) is 0. The van der Waals surface area contributed by atoms with Crippen molar-refractivity contribution in [2.75, 3.05) is 13.7 Å². The van der Waals surface area contributed by atoms with Crippen LogP contribution in [0, 0.1) is 0 Å². The molecule has 0 aliphatic carbocycles. The smallest absolute Gasteiger partial charge is 0.119 e. The van der Waals surface area contributed by atoms with E-state index in [9.17, 15) is 0 Å². The van der Waals surface area contributed by atoms with Gasteiger partial charge in [0.1, 0.15) is 5.75 Å². The van der Waals surface area contributed by atoms with Crippen LogP contribution in [-0.4, -0.2) is 24.3 Å². The fourth-order valence-electron chi connectivity index (χ4n) is 3.18. The van der Waals surface area contributed by atoms with Crippen molar-refractivity contribution in [3.05, 3.63) is 82.7 Å². The summed E-state index contributed by atoms with van der Waals surface area (Å²) >= 11 is 6.40. The lowest BCUT2D eigenvalue weighted by atomic mass is 9.95. The molecule has 0 fully saturated rings. The van der Waals surface area contributed by atoms with Crippen LogP contribution >= 0.6 is 11.6 Å². The van der Waals surface area contributed by atoms with Gasteiger partial charge in [-0.05, 0) is 36.3 Å². The normalized spacial score (nSPS) is 15.8. The zero-order valence-electron chi connectivity index (χ0n) is 13.4. The molecule has 0 bridgehead atoms. The summed E-state index contributed by atoms with van der Waals surface area (Å²) in [5.41, 5.74) is 5.46. The van der Waals surface area contributed by atoms with Gasteiger partial charge in [0, 0.05) is 35.1 Å². The molecule has 4 rings (SSSR count). The molecule has 0 saturated carbocycles. The number of benzene rings is 2. The first-order valence-corrected chi connectivity index (χ1v) is 8.29. The van der Waals surface area contributed by atoms with E-state index in [0.717, 1.165) is 40.7 Å². The van der Waals surface area contributed by atoms with Crippen LogP contribution in [0.1, 0.15) is 16.7 Å². The topological polar surface area (TPSA) is 24.8 Å². The SMILES string of the molecule is COc1cccc(C2=NC=CN3CCc4c(Cl)cccc4C3=C2)c1. The van der Waals surface area contributed by atoms with Crippen LogP contribution in [0.15, 0.2) is 65.9 Å².